The van der Waals surface area contributed by atoms with E-state index in [-0.39, 0.29) is 6.04 Å². The second kappa shape index (κ2) is 4.35. The molecule has 0 aromatic carbocycles. The molecule has 72 valence electrons. The third-order valence-electron chi connectivity index (χ3n) is 2.14. The lowest BCUT2D eigenvalue weighted by molar-refractivity contribution is 0.144. The minimum absolute atomic E-state index is 0.193. The van der Waals surface area contributed by atoms with Crippen LogP contribution in [0.2, 0.25) is 0 Å². The number of aliphatic hydroxyl groups excluding tert-OH is 1. The average Bonchev–Trinajstić information content (AvgIpc) is 2.15. The molecule has 0 amide bonds. The number of rotatable bonds is 3. The van der Waals surface area contributed by atoms with E-state index >= 15 is 0 Å². The number of aromatic nitrogens is 1. The van der Waals surface area contributed by atoms with E-state index in [2.05, 4.69) is 4.98 Å². The summed E-state index contributed by atoms with van der Waals surface area (Å²) in [6, 6.07) is 3.47. The lowest BCUT2D eigenvalue weighted by atomic mass is 10.0. The van der Waals surface area contributed by atoms with Crippen molar-refractivity contribution in [3.63, 3.8) is 0 Å². The zero-order chi connectivity index (χ0) is 9.84. The van der Waals surface area contributed by atoms with Crippen molar-refractivity contribution in [3.8, 4) is 0 Å². The highest BCUT2D eigenvalue weighted by Gasteiger charge is 2.14. The van der Waals surface area contributed by atoms with E-state index in [1.807, 2.05) is 19.9 Å². The van der Waals surface area contributed by atoms with E-state index in [9.17, 15) is 5.11 Å². The van der Waals surface area contributed by atoms with Gasteiger partial charge in [-0.25, -0.2) is 0 Å². The fraction of sp³-hybridized carbons (Fsp3) is 0.500. The number of hydrogen-bond acceptors (Lipinski definition) is 3. The van der Waals surface area contributed by atoms with Gasteiger partial charge in [-0.3, -0.25) is 4.98 Å². The average molecular weight is 180 g/mol. The van der Waals surface area contributed by atoms with Crippen LogP contribution in [0.25, 0.3) is 0 Å². The second-order valence-electron chi connectivity index (χ2n) is 3.25. The quantitative estimate of drug-likeness (QED) is 0.733. The maximum Gasteiger partial charge on any atom is 0.0941 e. The lowest BCUT2D eigenvalue weighted by Gasteiger charge is -2.17. The molecule has 13 heavy (non-hydrogen) atoms. The van der Waals surface area contributed by atoms with E-state index in [0.717, 1.165) is 17.7 Å². The number of nitrogens with two attached hydrogens (primary N) is 1. The molecule has 0 fully saturated rings. The summed E-state index contributed by atoms with van der Waals surface area (Å²) >= 11 is 0. The van der Waals surface area contributed by atoms with Gasteiger partial charge >= 0.3 is 0 Å². The van der Waals surface area contributed by atoms with Crippen molar-refractivity contribution in [2.45, 2.75) is 32.4 Å². The molecule has 0 aliphatic carbocycles. The standard InChI is InChI=1S/C10H16N2O/c1-3-9(11)10(13)8-4-5-12-7(2)6-8/h4-6,9-10,13H,3,11H2,1-2H3/t9-,10-/m1/s1. The van der Waals surface area contributed by atoms with Crippen molar-refractivity contribution in [2.24, 2.45) is 5.73 Å². The lowest BCUT2D eigenvalue weighted by Crippen LogP contribution is -2.27. The van der Waals surface area contributed by atoms with E-state index < -0.39 is 6.10 Å². The van der Waals surface area contributed by atoms with Gasteiger partial charge in [0.25, 0.3) is 0 Å². The largest absolute Gasteiger partial charge is 0.387 e. The maximum absolute atomic E-state index is 9.76. The normalized spacial score (nSPS) is 15.4. The molecule has 0 radical (unpaired) electrons. The third kappa shape index (κ3) is 2.50. The predicted octanol–water partition coefficient (Wildman–Crippen LogP) is 1.16. The van der Waals surface area contributed by atoms with Gasteiger partial charge in [-0.15, -0.1) is 0 Å². The molecule has 1 rings (SSSR count). The molecule has 2 atom stereocenters. The van der Waals surface area contributed by atoms with Gasteiger partial charge in [0.05, 0.1) is 6.10 Å². The van der Waals surface area contributed by atoms with Crippen LogP contribution in [0.15, 0.2) is 18.3 Å². The summed E-state index contributed by atoms with van der Waals surface area (Å²) in [5, 5.41) is 9.76. The highest BCUT2D eigenvalue weighted by atomic mass is 16.3. The van der Waals surface area contributed by atoms with Crippen LogP contribution in [0.1, 0.15) is 30.7 Å². The Hall–Kier alpha value is -0.930. The van der Waals surface area contributed by atoms with E-state index in [4.69, 9.17) is 5.73 Å². The topological polar surface area (TPSA) is 59.1 Å². The number of hydrogen-bond donors (Lipinski definition) is 2. The van der Waals surface area contributed by atoms with Gasteiger partial charge in [-0.1, -0.05) is 6.92 Å². The Bertz CT molecular complexity index is 275. The van der Waals surface area contributed by atoms with Crippen LogP contribution < -0.4 is 5.73 Å². The minimum atomic E-state index is -0.577. The van der Waals surface area contributed by atoms with Crippen molar-refractivity contribution in [2.75, 3.05) is 0 Å². The van der Waals surface area contributed by atoms with Gasteiger partial charge in [-0.2, -0.15) is 0 Å². The third-order valence-corrected chi connectivity index (χ3v) is 2.14. The van der Waals surface area contributed by atoms with Gasteiger partial charge in [0, 0.05) is 17.9 Å². The van der Waals surface area contributed by atoms with Crippen LogP contribution >= 0.6 is 0 Å². The highest BCUT2D eigenvalue weighted by Crippen LogP contribution is 2.17. The Kier molecular flexibility index (Phi) is 3.39. The van der Waals surface area contributed by atoms with E-state index in [0.29, 0.717) is 0 Å². The van der Waals surface area contributed by atoms with Crippen molar-refractivity contribution in [1.82, 2.24) is 4.98 Å². The molecule has 1 aromatic heterocycles. The molecule has 3 heteroatoms. The first-order valence-corrected chi connectivity index (χ1v) is 4.51. The van der Waals surface area contributed by atoms with Gasteiger partial charge in [-0.05, 0) is 31.0 Å². The van der Waals surface area contributed by atoms with Crippen LogP contribution in [0.5, 0.6) is 0 Å². The molecule has 0 aliphatic heterocycles. The van der Waals surface area contributed by atoms with Gasteiger partial charge < -0.3 is 10.8 Å². The Morgan fingerprint density at radius 1 is 1.62 bits per heavy atom. The summed E-state index contributed by atoms with van der Waals surface area (Å²) in [6.45, 7) is 3.86. The van der Waals surface area contributed by atoms with Gasteiger partial charge in [0.15, 0.2) is 0 Å². The zero-order valence-electron chi connectivity index (χ0n) is 8.07. The monoisotopic (exact) mass is 180 g/mol. The molecule has 0 spiro atoms. The van der Waals surface area contributed by atoms with Crippen molar-refractivity contribution in [3.05, 3.63) is 29.6 Å². The maximum atomic E-state index is 9.76. The fourth-order valence-electron chi connectivity index (χ4n) is 1.22. The minimum Gasteiger partial charge on any atom is -0.387 e. The Balaban J connectivity index is 2.82. The first kappa shape index (κ1) is 10.2. The van der Waals surface area contributed by atoms with Crippen LogP contribution in [-0.4, -0.2) is 16.1 Å². The highest BCUT2D eigenvalue weighted by molar-refractivity contribution is 5.19. The van der Waals surface area contributed by atoms with Crippen LogP contribution in [0.3, 0.4) is 0 Å². The molecule has 1 heterocycles. The van der Waals surface area contributed by atoms with Crippen molar-refractivity contribution >= 4 is 0 Å². The Morgan fingerprint density at radius 3 is 2.85 bits per heavy atom. The summed E-state index contributed by atoms with van der Waals surface area (Å²) in [4.78, 5) is 4.06. The summed E-state index contributed by atoms with van der Waals surface area (Å²) in [7, 11) is 0. The first-order chi connectivity index (χ1) is 6.15. The molecule has 0 bridgehead atoms. The summed E-state index contributed by atoms with van der Waals surface area (Å²) < 4.78 is 0. The zero-order valence-corrected chi connectivity index (χ0v) is 8.07. The van der Waals surface area contributed by atoms with Crippen molar-refractivity contribution in [1.29, 1.82) is 0 Å². The SMILES string of the molecule is CC[C@@H](N)[C@H](O)c1ccnc(C)c1. The molecular formula is C10H16N2O. The van der Waals surface area contributed by atoms with Gasteiger partial charge in [0.2, 0.25) is 0 Å². The Morgan fingerprint density at radius 2 is 2.31 bits per heavy atom. The summed E-state index contributed by atoms with van der Waals surface area (Å²) in [6.07, 6.45) is 1.88. The van der Waals surface area contributed by atoms with Crippen LogP contribution in [-0.2, 0) is 0 Å². The predicted molar refractivity (Wildman–Crippen MR) is 52.2 cm³/mol. The first-order valence-electron chi connectivity index (χ1n) is 4.51. The molecule has 0 saturated carbocycles. The smallest absolute Gasteiger partial charge is 0.0941 e. The van der Waals surface area contributed by atoms with Crippen LogP contribution in [0.4, 0.5) is 0 Å². The molecule has 0 aliphatic rings. The van der Waals surface area contributed by atoms with Crippen molar-refractivity contribution < 1.29 is 5.11 Å². The number of aliphatic hydroxyl groups is 1. The number of aryl methyl sites for hydroxylation is 1. The van der Waals surface area contributed by atoms with E-state index in [1.54, 1.807) is 12.3 Å². The Labute approximate surface area is 78.6 Å². The fourth-order valence-corrected chi connectivity index (χ4v) is 1.22. The summed E-state index contributed by atoms with van der Waals surface area (Å²) in [5.74, 6) is 0. The second-order valence-corrected chi connectivity index (χ2v) is 3.25. The van der Waals surface area contributed by atoms with E-state index in [1.165, 1.54) is 0 Å². The molecule has 0 unspecified atom stereocenters. The number of nitrogens with zero attached hydrogens (tertiary/aromatic N) is 1. The van der Waals surface area contributed by atoms with Gasteiger partial charge in [0.1, 0.15) is 0 Å². The number of pyridine rings is 1. The summed E-state index contributed by atoms with van der Waals surface area (Å²) in [5.41, 5.74) is 7.48. The molecule has 3 nitrogen and oxygen atoms in total. The molecule has 1 aromatic rings. The molecular weight excluding hydrogens is 164 g/mol. The molecule has 0 saturated heterocycles. The van der Waals surface area contributed by atoms with Crippen LogP contribution in [0, 0.1) is 6.92 Å². The molecule has 3 N–H and O–H groups in total.